The summed E-state index contributed by atoms with van der Waals surface area (Å²) in [5.41, 5.74) is 0.739. The minimum Gasteiger partial charge on any atom is -0.380 e. The van der Waals surface area contributed by atoms with Crippen molar-refractivity contribution in [3.63, 3.8) is 0 Å². The summed E-state index contributed by atoms with van der Waals surface area (Å²) in [4.78, 5) is 3.37. The van der Waals surface area contributed by atoms with E-state index in [2.05, 4.69) is 26.2 Å². The summed E-state index contributed by atoms with van der Waals surface area (Å²) in [7, 11) is 0. The summed E-state index contributed by atoms with van der Waals surface area (Å²) in [5.74, 6) is 0. The topological polar surface area (TPSA) is 24.9 Å². The van der Waals surface area contributed by atoms with E-state index < -0.39 is 11.9 Å². The summed E-state index contributed by atoms with van der Waals surface area (Å²) >= 11 is 4.90. The number of halogens is 4. The van der Waals surface area contributed by atoms with Crippen LogP contribution < -0.4 is 5.32 Å². The summed E-state index contributed by atoms with van der Waals surface area (Å²) in [6.45, 7) is 0.551. The first-order chi connectivity index (χ1) is 8.45. The maximum atomic E-state index is 12.3. The minimum absolute atomic E-state index is 0.551. The highest BCUT2D eigenvalue weighted by Crippen LogP contribution is 2.28. The number of hydrogen-bond acceptors (Lipinski definition) is 3. The smallest absolute Gasteiger partial charge is 0.380 e. The third-order valence-electron chi connectivity index (χ3n) is 2.17. The van der Waals surface area contributed by atoms with Crippen LogP contribution >= 0.6 is 27.3 Å². The van der Waals surface area contributed by atoms with E-state index in [-0.39, 0.29) is 0 Å². The summed E-state index contributed by atoms with van der Waals surface area (Å²) in [6.07, 6.45) is -3.21. The lowest BCUT2D eigenvalue weighted by atomic mass is 10.3. The number of aromatic nitrogens is 1. The van der Waals surface area contributed by atoms with Crippen LogP contribution in [-0.2, 0) is 12.7 Å². The van der Waals surface area contributed by atoms with Gasteiger partial charge in [0.05, 0.1) is 15.7 Å². The Kier molecular flexibility index (Phi) is 3.91. The second kappa shape index (κ2) is 5.27. The summed E-state index contributed by atoms with van der Waals surface area (Å²) in [5, 5.41) is 4.98. The molecule has 0 aromatic carbocycles. The second-order valence-corrected chi connectivity index (χ2v) is 5.83. The van der Waals surface area contributed by atoms with Gasteiger partial charge in [0.15, 0.2) is 0 Å². The van der Waals surface area contributed by atoms with Gasteiger partial charge in [0, 0.05) is 6.54 Å². The van der Waals surface area contributed by atoms with E-state index in [4.69, 9.17) is 0 Å². The van der Waals surface area contributed by atoms with Gasteiger partial charge in [-0.1, -0.05) is 0 Å². The molecule has 0 aliphatic carbocycles. The minimum atomic E-state index is -4.39. The number of rotatable bonds is 3. The molecule has 1 N–H and O–H groups in total. The number of nitrogens with one attached hydrogen (secondary N) is 1. The largest absolute Gasteiger partial charge is 0.433 e. The fraction of sp³-hybridized carbons (Fsp3) is 0.182. The molecule has 2 rings (SSSR count). The summed E-state index contributed by atoms with van der Waals surface area (Å²) in [6, 6.07) is 4.29. The van der Waals surface area contributed by atoms with Gasteiger partial charge in [0.1, 0.15) is 5.69 Å². The van der Waals surface area contributed by atoms with Crippen molar-refractivity contribution in [1.82, 2.24) is 4.98 Å². The molecular weight excluding hydrogens is 329 g/mol. The Balaban J connectivity index is 1.98. The standard InChI is InChI=1S/C11H8BrF3N2S/c12-10-3-7(6-18-10)4-16-8-1-2-9(17-5-8)11(13,14)15/h1-3,5-6,16H,4H2. The molecule has 2 heterocycles. The molecule has 0 aliphatic rings. The zero-order chi connectivity index (χ0) is 13.2. The summed E-state index contributed by atoms with van der Waals surface area (Å²) < 4.78 is 37.9. The van der Waals surface area contributed by atoms with Gasteiger partial charge in [-0.15, -0.1) is 11.3 Å². The van der Waals surface area contributed by atoms with Gasteiger partial charge in [-0.3, -0.25) is 0 Å². The molecule has 2 nitrogen and oxygen atoms in total. The number of anilines is 1. The fourth-order valence-electron chi connectivity index (χ4n) is 1.31. The Bertz CT molecular complexity index is 522. The lowest BCUT2D eigenvalue weighted by Crippen LogP contribution is -2.08. The third-order valence-corrected chi connectivity index (χ3v) is 3.73. The van der Waals surface area contributed by atoms with Gasteiger partial charge in [-0.2, -0.15) is 13.2 Å². The quantitative estimate of drug-likeness (QED) is 0.890. The van der Waals surface area contributed by atoms with Crippen molar-refractivity contribution in [3.8, 4) is 0 Å². The Morgan fingerprint density at radius 1 is 1.33 bits per heavy atom. The molecule has 0 saturated carbocycles. The third kappa shape index (κ3) is 3.46. The lowest BCUT2D eigenvalue weighted by Gasteiger charge is -2.07. The SMILES string of the molecule is FC(F)(F)c1ccc(NCc2csc(Br)c2)cn1. The molecule has 0 bridgehead atoms. The molecule has 18 heavy (non-hydrogen) atoms. The van der Waals surface area contributed by atoms with Gasteiger partial charge in [-0.25, -0.2) is 4.98 Å². The van der Waals surface area contributed by atoms with Crippen LogP contribution in [0.3, 0.4) is 0 Å². The Hall–Kier alpha value is -1.08. The van der Waals surface area contributed by atoms with E-state index in [1.165, 1.54) is 12.3 Å². The average Bonchev–Trinajstić information content (AvgIpc) is 2.72. The molecule has 7 heteroatoms. The van der Waals surface area contributed by atoms with Crippen molar-refractivity contribution in [3.05, 3.63) is 44.8 Å². The molecule has 0 aliphatic heterocycles. The monoisotopic (exact) mass is 336 g/mol. The molecule has 0 spiro atoms. The van der Waals surface area contributed by atoms with Crippen molar-refractivity contribution in [2.24, 2.45) is 0 Å². The number of alkyl halides is 3. The van der Waals surface area contributed by atoms with E-state index >= 15 is 0 Å². The Labute approximate surface area is 114 Å². The van der Waals surface area contributed by atoms with Crippen molar-refractivity contribution < 1.29 is 13.2 Å². The first-order valence-corrected chi connectivity index (χ1v) is 6.62. The second-order valence-electron chi connectivity index (χ2n) is 3.54. The van der Waals surface area contributed by atoms with E-state index in [1.54, 1.807) is 11.3 Å². The molecule has 0 fully saturated rings. The van der Waals surface area contributed by atoms with Gasteiger partial charge >= 0.3 is 6.18 Å². The molecule has 96 valence electrons. The average molecular weight is 337 g/mol. The van der Waals surface area contributed by atoms with Crippen molar-refractivity contribution in [1.29, 1.82) is 0 Å². The van der Waals surface area contributed by atoms with Gasteiger partial charge < -0.3 is 5.32 Å². The van der Waals surface area contributed by atoms with Crippen LogP contribution in [0.1, 0.15) is 11.3 Å². The van der Waals surface area contributed by atoms with Gasteiger partial charge in [0.25, 0.3) is 0 Å². The van der Waals surface area contributed by atoms with Crippen molar-refractivity contribution in [2.75, 3.05) is 5.32 Å². The first kappa shape index (κ1) is 13.4. The van der Waals surface area contributed by atoms with Crippen LogP contribution in [-0.4, -0.2) is 4.98 Å². The molecule has 0 saturated heterocycles. The van der Waals surface area contributed by atoms with Gasteiger partial charge in [-0.05, 0) is 45.1 Å². The highest BCUT2D eigenvalue weighted by atomic mass is 79.9. The van der Waals surface area contributed by atoms with Crippen LogP contribution in [0, 0.1) is 0 Å². The molecule has 0 radical (unpaired) electrons. The van der Waals surface area contributed by atoms with Crippen LogP contribution in [0.2, 0.25) is 0 Å². The zero-order valence-electron chi connectivity index (χ0n) is 8.96. The Morgan fingerprint density at radius 2 is 2.11 bits per heavy atom. The predicted octanol–water partition coefficient (Wildman–Crippen LogP) is 4.54. The predicted molar refractivity (Wildman–Crippen MR) is 68.6 cm³/mol. The normalized spacial score (nSPS) is 11.6. The molecule has 0 amide bonds. The van der Waals surface area contributed by atoms with Crippen LogP contribution in [0.25, 0.3) is 0 Å². The lowest BCUT2D eigenvalue weighted by molar-refractivity contribution is -0.141. The van der Waals surface area contributed by atoms with Crippen LogP contribution in [0.4, 0.5) is 18.9 Å². The molecule has 0 unspecified atom stereocenters. The molecule has 0 atom stereocenters. The van der Waals surface area contributed by atoms with Crippen molar-refractivity contribution >= 4 is 33.0 Å². The Morgan fingerprint density at radius 3 is 2.61 bits per heavy atom. The number of nitrogens with zero attached hydrogens (tertiary/aromatic N) is 1. The molecule has 2 aromatic rings. The highest BCUT2D eigenvalue weighted by molar-refractivity contribution is 9.11. The number of thiophene rings is 1. The maximum absolute atomic E-state index is 12.3. The van der Waals surface area contributed by atoms with Crippen LogP contribution in [0.15, 0.2) is 33.6 Å². The van der Waals surface area contributed by atoms with Crippen LogP contribution in [0.5, 0.6) is 0 Å². The van der Waals surface area contributed by atoms with Crippen molar-refractivity contribution in [2.45, 2.75) is 12.7 Å². The highest BCUT2D eigenvalue weighted by Gasteiger charge is 2.31. The first-order valence-electron chi connectivity index (χ1n) is 4.95. The zero-order valence-corrected chi connectivity index (χ0v) is 11.4. The van der Waals surface area contributed by atoms with E-state index in [1.807, 2.05) is 11.4 Å². The molecular formula is C11H8BrF3N2S. The maximum Gasteiger partial charge on any atom is 0.433 e. The number of hydrogen-bond donors (Lipinski definition) is 1. The molecule has 2 aromatic heterocycles. The fourth-order valence-corrected chi connectivity index (χ4v) is 2.52. The van der Waals surface area contributed by atoms with E-state index in [9.17, 15) is 13.2 Å². The van der Waals surface area contributed by atoms with E-state index in [0.29, 0.717) is 12.2 Å². The van der Waals surface area contributed by atoms with Gasteiger partial charge in [0.2, 0.25) is 0 Å². The number of pyridine rings is 1. The van der Waals surface area contributed by atoms with E-state index in [0.717, 1.165) is 15.4 Å².